The second-order valence-electron chi connectivity index (χ2n) is 5.37. The highest BCUT2D eigenvalue weighted by atomic mass is 35.5. The second kappa shape index (κ2) is 5.57. The molecule has 1 heterocycles. The molecule has 0 aromatic heterocycles. The number of benzene rings is 1. The predicted octanol–water partition coefficient (Wildman–Crippen LogP) is 2.06. The summed E-state index contributed by atoms with van der Waals surface area (Å²) in [6, 6.07) is 8.05. The highest BCUT2D eigenvalue weighted by molar-refractivity contribution is 6.30. The Balaban J connectivity index is 1.88. The summed E-state index contributed by atoms with van der Waals surface area (Å²) >= 11 is 5.87. The number of aliphatic hydroxyl groups is 1. The molecule has 2 N–H and O–H groups in total. The SMILES string of the molecule is C[C@H](NC[C@@]1(O)CCN(C)C1)c1ccc(Cl)cc1. The van der Waals surface area contributed by atoms with Crippen LogP contribution in [-0.4, -0.2) is 42.3 Å². The zero-order chi connectivity index (χ0) is 13.2. The van der Waals surface area contributed by atoms with E-state index in [1.54, 1.807) is 0 Å². The Morgan fingerprint density at radius 3 is 2.67 bits per heavy atom. The van der Waals surface area contributed by atoms with Gasteiger partial charge in [-0.25, -0.2) is 0 Å². The van der Waals surface area contributed by atoms with Crippen LogP contribution in [-0.2, 0) is 0 Å². The molecule has 0 aliphatic carbocycles. The monoisotopic (exact) mass is 268 g/mol. The Morgan fingerprint density at radius 2 is 2.11 bits per heavy atom. The first kappa shape index (κ1) is 13.8. The van der Waals surface area contributed by atoms with E-state index in [0.717, 1.165) is 24.5 Å². The van der Waals surface area contributed by atoms with E-state index in [1.807, 2.05) is 31.3 Å². The van der Waals surface area contributed by atoms with E-state index in [9.17, 15) is 5.11 Å². The van der Waals surface area contributed by atoms with E-state index in [0.29, 0.717) is 6.54 Å². The fourth-order valence-electron chi connectivity index (χ4n) is 2.42. The van der Waals surface area contributed by atoms with Crippen LogP contribution in [0.3, 0.4) is 0 Å². The summed E-state index contributed by atoms with van der Waals surface area (Å²) in [6.45, 7) is 4.44. The molecule has 0 saturated carbocycles. The van der Waals surface area contributed by atoms with Gasteiger partial charge in [0.1, 0.15) is 0 Å². The van der Waals surface area contributed by atoms with Crippen LogP contribution >= 0.6 is 11.6 Å². The zero-order valence-electron chi connectivity index (χ0n) is 11.0. The van der Waals surface area contributed by atoms with Gasteiger partial charge in [0.15, 0.2) is 0 Å². The van der Waals surface area contributed by atoms with Crippen molar-refractivity contribution in [2.75, 3.05) is 26.7 Å². The third kappa shape index (κ3) is 3.45. The maximum absolute atomic E-state index is 10.4. The van der Waals surface area contributed by atoms with E-state index in [1.165, 1.54) is 5.56 Å². The van der Waals surface area contributed by atoms with Gasteiger partial charge in [0, 0.05) is 30.7 Å². The largest absolute Gasteiger partial charge is 0.387 e. The molecule has 0 amide bonds. The van der Waals surface area contributed by atoms with Crippen molar-refractivity contribution >= 4 is 11.6 Å². The number of nitrogens with zero attached hydrogens (tertiary/aromatic N) is 1. The number of halogens is 1. The Morgan fingerprint density at radius 1 is 1.44 bits per heavy atom. The molecule has 1 aliphatic rings. The molecular weight excluding hydrogens is 248 g/mol. The maximum Gasteiger partial charge on any atom is 0.0909 e. The van der Waals surface area contributed by atoms with Gasteiger partial charge in [0.2, 0.25) is 0 Å². The molecule has 0 bridgehead atoms. The number of hydrogen-bond donors (Lipinski definition) is 2. The van der Waals surface area contributed by atoms with Crippen molar-refractivity contribution in [1.82, 2.24) is 10.2 Å². The molecule has 100 valence electrons. The summed E-state index contributed by atoms with van der Waals surface area (Å²) in [5, 5.41) is 14.5. The molecule has 1 aromatic rings. The van der Waals surface area contributed by atoms with Crippen molar-refractivity contribution in [2.24, 2.45) is 0 Å². The summed E-state index contributed by atoms with van der Waals surface area (Å²) in [5.41, 5.74) is 0.601. The maximum atomic E-state index is 10.4. The van der Waals surface area contributed by atoms with Gasteiger partial charge in [-0.1, -0.05) is 23.7 Å². The minimum Gasteiger partial charge on any atom is -0.387 e. The molecule has 18 heavy (non-hydrogen) atoms. The van der Waals surface area contributed by atoms with Gasteiger partial charge in [0.25, 0.3) is 0 Å². The van der Waals surface area contributed by atoms with Crippen LogP contribution in [0.4, 0.5) is 0 Å². The molecular formula is C14H21ClN2O. The van der Waals surface area contributed by atoms with E-state index in [-0.39, 0.29) is 6.04 Å². The van der Waals surface area contributed by atoms with Gasteiger partial charge in [-0.15, -0.1) is 0 Å². The number of likely N-dealkylation sites (N-methyl/N-ethyl adjacent to an activating group) is 1. The van der Waals surface area contributed by atoms with Crippen LogP contribution in [0, 0.1) is 0 Å². The van der Waals surface area contributed by atoms with Crippen LogP contribution in [0.25, 0.3) is 0 Å². The fraction of sp³-hybridized carbons (Fsp3) is 0.571. The number of β-amino-alcohol motifs (C(OH)–C–C–N with tert-alkyl or cyclic N) is 1. The lowest BCUT2D eigenvalue weighted by molar-refractivity contribution is 0.0494. The quantitative estimate of drug-likeness (QED) is 0.878. The minimum absolute atomic E-state index is 0.220. The van der Waals surface area contributed by atoms with E-state index in [2.05, 4.69) is 17.1 Å². The minimum atomic E-state index is -0.588. The summed E-state index contributed by atoms with van der Waals surface area (Å²) in [4.78, 5) is 2.16. The van der Waals surface area contributed by atoms with Crippen LogP contribution < -0.4 is 5.32 Å². The zero-order valence-corrected chi connectivity index (χ0v) is 11.7. The van der Waals surface area contributed by atoms with E-state index in [4.69, 9.17) is 11.6 Å². The van der Waals surface area contributed by atoms with E-state index < -0.39 is 5.60 Å². The molecule has 3 nitrogen and oxygen atoms in total. The third-order valence-corrected chi connectivity index (χ3v) is 3.88. The van der Waals surface area contributed by atoms with Gasteiger partial charge in [-0.05, 0) is 38.1 Å². The van der Waals surface area contributed by atoms with Crippen molar-refractivity contribution in [3.05, 3.63) is 34.9 Å². The van der Waals surface area contributed by atoms with Crippen molar-refractivity contribution < 1.29 is 5.11 Å². The molecule has 1 saturated heterocycles. The first-order chi connectivity index (χ1) is 8.48. The number of rotatable bonds is 4. The lowest BCUT2D eigenvalue weighted by Gasteiger charge is -2.25. The number of likely N-dealkylation sites (tertiary alicyclic amines) is 1. The second-order valence-corrected chi connectivity index (χ2v) is 5.80. The smallest absolute Gasteiger partial charge is 0.0909 e. The number of hydrogen-bond acceptors (Lipinski definition) is 3. The lowest BCUT2D eigenvalue weighted by atomic mass is 10.0. The molecule has 1 aliphatic heterocycles. The molecule has 0 spiro atoms. The molecule has 2 rings (SSSR count). The van der Waals surface area contributed by atoms with Crippen LogP contribution in [0.5, 0.6) is 0 Å². The predicted molar refractivity (Wildman–Crippen MR) is 74.9 cm³/mol. The van der Waals surface area contributed by atoms with Crippen LogP contribution in [0.1, 0.15) is 24.9 Å². The summed E-state index contributed by atoms with van der Waals surface area (Å²) in [5.74, 6) is 0. The Kier molecular flexibility index (Phi) is 4.28. The third-order valence-electron chi connectivity index (χ3n) is 3.63. The molecule has 2 atom stereocenters. The standard InChI is InChI=1S/C14H21ClN2O/c1-11(12-3-5-13(15)6-4-12)16-9-14(18)7-8-17(2)10-14/h3-6,11,16,18H,7-10H2,1-2H3/t11-,14-/m0/s1. The average molecular weight is 269 g/mol. The number of nitrogens with one attached hydrogen (secondary N) is 1. The molecule has 4 heteroatoms. The summed E-state index contributed by atoms with van der Waals surface area (Å²) in [6.07, 6.45) is 0.837. The normalized spacial score (nSPS) is 26.4. The molecule has 0 unspecified atom stereocenters. The Labute approximate surface area is 114 Å². The highest BCUT2D eigenvalue weighted by Crippen LogP contribution is 2.21. The molecule has 0 radical (unpaired) electrons. The van der Waals surface area contributed by atoms with Crippen molar-refractivity contribution in [3.63, 3.8) is 0 Å². The molecule has 1 aromatic carbocycles. The van der Waals surface area contributed by atoms with Crippen LogP contribution in [0.2, 0.25) is 5.02 Å². The summed E-state index contributed by atoms with van der Waals surface area (Å²) < 4.78 is 0. The fourth-order valence-corrected chi connectivity index (χ4v) is 2.54. The first-order valence-corrected chi connectivity index (χ1v) is 6.76. The van der Waals surface area contributed by atoms with Gasteiger partial charge >= 0.3 is 0 Å². The van der Waals surface area contributed by atoms with Crippen molar-refractivity contribution in [3.8, 4) is 0 Å². The topological polar surface area (TPSA) is 35.5 Å². The molecule has 1 fully saturated rings. The van der Waals surface area contributed by atoms with Gasteiger partial charge < -0.3 is 15.3 Å². The lowest BCUT2D eigenvalue weighted by Crippen LogP contribution is -2.43. The van der Waals surface area contributed by atoms with Gasteiger partial charge in [0.05, 0.1) is 5.60 Å². The van der Waals surface area contributed by atoms with Gasteiger partial charge in [-0.3, -0.25) is 0 Å². The van der Waals surface area contributed by atoms with Gasteiger partial charge in [-0.2, -0.15) is 0 Å². The van der Waals surface area contributed by atoms with E-state index >= 15 is 0 Å². The average Bonchev–Trinajstić information content (AvgIpc) is 2.68. The van der Waals surface area contributed by atoms with Crippen molar-refractivity contribution in [2.45, 2.75) is 25.0 Å². The summed E-state index contributed by atoms with van der Waals surface area (Å²) in [7, 11) is 2.04. The Bertz CT molecular complexity index is 395. The van der Waals surface area contributed by atoms with Crippen molar-refractivity contribution in [1.29, 1.82) is 0 Å². The van der Waals surface area contributed by atoms with Crippen LogP contribution in [0.15, 0.2) is 24.3 Å². The highest BCUT2D eigenvalue weighted by Gasteiger charge is 2.34. The Hall–Kier alpha value is -0.610. The first-order valence-electron chi connectivity index (χ1n) is 6.38.